The van der Waals surface area contributed by atoms with E-state index in [0.717, 1.165) is 184 Å². The van der Waals surface area contributed by atoms with E-state index in [9.17, 15) is 27.7 Å². The van der Waals surface area contributed by atoms with E-state index in [4.69, 9.17) is 30.5 Å². The Morgan fingerprint density at radius 2 is 1.03 bits per heavy atom. The van der Waals surface area contributed by atoms with Gasteiger partial charge >= 0.3 is 6.09 Å². The number of ketones is 1. The molecule has 7 aromatic rings. The molecule has 9 fully saturated rings. The van der Waals surface area contributed by atoms with Crippen LogP contribution in [0.3, 0.4) is 0 Å². The Kier molecular flexibility index (Phi) is 29.2. The van der Waals surface area contributed by atoms with Gasteiger partial charge in [-0.3, -0.25) is 4.79 Å². The average Bonchev–Trinajstić information content (AvgIpc) is 1.60. The van der Waals surface area contributed by atoms with Gasteiger partial charge in [-0.25, -0.2) is 17.6 Å². The highest BCUT2D eigenvalue weighted by atomic mass is 35.5. The molecule has 9 aliphatic rings. The first kappa shape index (κ1) is 84.3. The Bertz CT molecular complexity index is 4460. The number of piperidine rings is 5. The van der Waals surface area contributed by atoms with Crippen LogP contribution in [0.4, 0.5) is 9.18 Å². The van der Waals surface area contributed by atoms with Gasteiger partial charge in [0.2, 0.25) is 0 Å². The molecule has 4 saturated carbocycles. The van der Waals surface area contributed by atoms with Gasteiger partial charge in [-0.15, -0.1) is 0 Å². The fraction of sp³-hybridized carbons (Fsp3) is 0.536. The molecule has 114 heavy (non-hydrogen) atoms. The predicted molar refractivity (Wildman–Crippen MR) is 458 cm³/mol. The van der Waals surface area contributed by atoms with Crippen LogP contribution in [-0.4, -0.2) is 169 Å². The summed E-state index contributed by atoms with van der Waals surface area (Å²) in [5.74, 6) is 7.94. The van der Waals surface area contributed by atoms with Gasteiger partial charge in [0.15, 0.2) is 9.84 Å². The second-order valence-electron chi connectivity index (χ2n) is 34.6. The molecule has 1 amide bonds. The largest absolute Gasteiger partial charge is 0.496 e. The van der Waals surface area contributed by atoms with Gasteiger partial charge in [-0.1, -0.05) is 116 Å². The number of rotatable bonds is 18. The number of carbonyl (C=O) groups is 2. The molecule has 16 rings (SSSR count). The summed E-state index contributed by atoms with van der Waals surface area (Å²) in [6, 6.07) is 54.7. The highest BCUT2D eigenvalue weighted by molar-refractivity contribution is 7.90. The first-order valence-electron chi connectivity index (χ1n) is 43.0. The van der Waals surface area contributed by atoms with Crippen LogP contribution in [0.25, 0.3) is 33.4 Å². The summed E-state index contributed by atoms with van der Waals surface area (Å²) in [4.78, 5) is 36.2. The zero-order valence-corrected chi connectivity index (χ0v) is 70.4. The molecule has 610 valence electrons. The second kappa shape index (κ2) is 39.6. The van der Waals surface area contributed by atoms with Crippen LogP contribution in [0.15, 0.2) is 157 Å². The lowest BCUT2D eigenvalue weighted by molar-refractivity contribution is -0.121. The molecule has 2 bridgehead atoms. The SMILES string of the molecule is CCOC(=O)N1CCC(CN2CCC(c3cc(-c4ccc(C(C)(C)C#N)cc4)ccc3OC)CC2)CC1.COc1ccc(-c2ccc(S(C)(=O)=O)cc2)cc1C1CCN(C2CCCC2)CC1.COc1ccc(Cl)cc1C1CCN(C2CCC(=O)CC2)CC1.Fc1cccc(-c2ccccc2C2CCN([C@H]3C[C@H]4CCC3C4)CC2)c1. The van der Waals surface area contributed by atoms with Gasteiger partial charge in [-0.2, -0.15) is 5.26 Å². The van der Waals surface area contributed by atoms with Crippen molar-refractivity contribution in [1.82, 2.24) is 24.5 Å². The molecule has 7 aromatic carbocycles. The lowest BCUT2D eigenvalue weighted by Gasteiger charge is -2.40. The number of sulfone groups is 1. The maximum absolute atomic E-state index is 13.7. The molecule has 5 heterocycles. The van der Waals surface area contributed by atoms with E-state index < -0.39 is 15.3 Å². The van der Waals surface area contributed by atoms with Crippen LogP contribution >= 0.6 is 11.6 Å². The fourth-order valence-electron chi connectivity index (χ4n) is 20.5. The maximum atomic E-state index is 13.7. The smallest absolute Gasteiger partial charge is 0.409 e. The molecule has 1 unspecified atom stereocenters. The molecule has 14 nitrogen and oxygen atoms in total. The third kappa shape index (κ3) is 21.4. The number of carbonyl (C=O) groups excluding carboxylic acids is 2. The molecular formula is C97H124ClFN6O8S. The van der Waals surface area contributed by atoms with Crippen molar-refractivity contribution in [3.05, 3.63) is 190 Å². The van der Waals surface area contributed by atoms with Crippen molar-refractivity contribution in [1.29, 1.82) is 5.26 Å². The fourth-order valence-corrected chi connectivity index (χ4v) is 21.3. The number of likely N-dealkylation sites (tertiary alicyclic amines) is 5. The number of hydrogen-bond donors (Lipinski definition) is 0. The van der Waals surface area contributed by atoms with E-state index >= 15 is 0 Å². The van der Waals surface area contributed by atoms with Gasteiger partial charge in [0.05, 0.1) is 44.3 Å². The van der Waals surface area contributed by atoms with Crippen LogP contribution < -0.4 is 14.2 Å². The van der Waals surface area contributed by atoms with E-state index in [1.165, 1.54) is 149 Å². The number of benzene rings is 7. The first-order chi connectivity index (χ1) is 55.2. The minimum atomic E-state index is -3.17. The lowest BCUT2D eigenvalue weighted by Crippen LogP contribution is -2.43. The molecule has 0 aromatic heterocycles. The summed E-state index contributed by atoms with van der Waals surface area (Å²) in [7, 11) is 2.05. The third-order valence-corrected chi connectivity index (χ3v) is 28.6. The number of hydrogen-bond acceptors (Lipinski definition) is 13. The van der Waals surface area contributed by atoms with E-state index in [2.05, 4.69) is 117 Å². The zero-order valence-electron chi connectivity index (χ0n) is 68.9. The third-order valence-electron chi connectivity index (χ3n) is 27.2. The van der Waals surface area contributed by atoms with Gasteiger partial charge in [-0.05, 0) is 352 Å². The van der Waals surface area contributed by atoms with Gasteiger partial charge < -0.3 is 43.4 Å². The van der Waals surface area contributed by atoms with Crippen molar-refractivity contribution in [2.45, 2.75) is 214 Å². The molecule has 5 aliphatic heterocycles. The summed E-state index contributed by atoms with van der Waals surface area (Å²) < 4.78 is 59.3. The monoisotopic (exact) mass is 1590 g/mol. The number of nitrogens with zero attached hydrogens (tertiary/aromatic N) is 6. The van der Waals surface area contributed by atoms with Crippen LogP contribution in [0.1, 0.15) is 214 Å². The Labute approximate surface area is 685 Å². The number of halogens is 2. The van der Waals surface area contributed by atoms with E-state index in [1.807, 2.05) is 62.1 Å². The number of ether oxygens (including phenoxy) is 4. The first-order valence-corrected chi connectivity index (χ1v) is 45.3. The molecule has 17 heteroatoms. The average molecular weight is 1590 g/mol. The zero-order chi connectivity index (χ0) is 79.9. The minimum Gasteiger partial charge on any atom is -0.496 e. The Morgan fingerprint density at radius 3 is 1.54 bits per heavy atom. The van der Waals surface area contributed by atoms with Crippen LogP contribution in [0.5, 0.6) is 17.2 Å². The molecule has 0 N–H and O–H groups in total. The van der Waals surface area contributed by atoms with Crippen molar-refractivity contribution in [2.24, 2.45) is 17.8 Å². The summed E-state index contributed by atoms with van der Waals surface area (Å²) in [6.07, 6.45) is 27.6. The Hall–Kier alpha value is -7.62. The molecule has 3 atom stereocenters. The van der Waals surface area contributed by atoms with Crippen molar-refractivity contribution in [3.8, 4) is 56.7 Å². The van der Waals surface area contributed by atoms with Gasteiger partial charge in [0.25, 0.3) is 0 Å². The summed E-state index contributed by atoms with van der Waals surface area (Å²) in [5.41, 5.74) is 12.5. The normalized spacial score (nSPS) is 21.7. The Balaban J connectivity index is 0.000000135. The minimum absolute atomic E-state index is 0.150. The molecule has 5 saturated heterocycles. The van der Waals surface area contributed by atoms with Gasteiger partial charge in [0, 0.05) is 61.9 Å². The number of fused-ring (bicyclic) bond motifs is 2. The number of Topliss-reactive ketones (excluding diaryl/α,β-unsaturated/α-hetero) is 1. The van der Waals surface area contributed by atoms with Crippen LogP contribution in [-0.2, 0) is 24.8 Å². The summed E-state index contributed by atoms with van der Waals surface area (Å²) in [6.45, 7) is 18.1. The number of nitriles is 1. The molecule has 0 radical (unpaired) electrons. The maximum Gasteiger partial charge on any atom is 0.409 e. The van der Waals surface area contributed by atoms with Crippen LogP contribution in [0.2, 0.25) is 5.02 Å². The van der Waals surface area contributed by atoms with Crippen molar-refractivity contribution >= 4 is 33.3 Å². The van der Waals surface area contributed by atoms with Crippen LogP contribution in [0, 0.1) is 34.9 Å². The van der Waals surface area contributed by atoms with E-state index in [1.54, 1.807) is 39.5 Å². The van der Waals surface area contributed by atoms with Crippen molar-refractivity contribution in [2.75, 3.05) is 106 Å². The lowest BCUT2D eigenvalue weighted by atomic mass is 9.83. The molecular weight excluding hydrogens is 1460 g/mol. The quantitative estimate of drug-likeness (QED) is 0.0804. The highest BCUT2D eigenvalue weighted by Gasteiger charge is 2.43. The van der Waals surface area contributed by atoms with Crippen molar-refractivity contribution in [3.63, 3.8) is 0 Å². The standard InChI is InChI=1S/C31H41N3O3.C24H28FN.C24H31NO3S.C18H24ClNO2/c1-5-37-30(35)34-18-12-23(13-19-34)21-33-16-14-25(15-17-33)28-20-26(8-11-29(28)36-4)24-6-9-27(10-7-24)31(2,3)22-32;25-21-5-3-4-19(16-21)23-7-2-1-6-22(23)18-10-12-26(13-11-18)24-15-17-8-9-20(24)14-17;1-28-24-12-9-20(18-7-10-22(11-8-18)29(2,26)27)17-23(24)19-13-15-25(16-14-19)21-5-3-4-6-21;1-22-18-7-2-14(19)12-17(18)13-8-10-20(11-9-13)15-3-5-16(21)6-4-15/h6-11,20,23,25H,5,12-19,21H2,1-4H3;1-7,16-18,20,24H,8-15H2;7-12,17,19,21H,3-6,13-16H2,1-2H3;2,7,12-13,15H,3-6,8-11H2,1H3/t;17-,20?,24-;;/m.0../s1. The molecule has 4 aliphatic carbocycles. The second-order valence-corrected chi connectivity index (χ2v) is 37.0. The summed E-state index contributed by atoms with van der Waals surface area (Å²) >= 11 is 6.16. The van der Waals surface area contributed by atoms with Crippen molar-refractivity contribution < 1.29 is 41.3 Å². The number of amides is 1. The topological polar surface area (TPSA) is 145 Å². The predicted octanol–water partition coefficient (Wildman–Crippen LogP) is 21.0. The van der Waals surface area contributed by atoms with E-state index in [-0.39, 0.29) is 11.9 Å². The Morgan fingerprint density at radius 1 is 0.526 bits per heavy atom. The van der Waals surface area contributed by atoms with Gasteiger partial charge in [0.1, 0.15) is 28.8 Å². The molecule has 0 spiro atoms. The van der Waals surface area contributed by atoms with E-state index in [0.29, 0.717) is 52.9 Å². The summed E-state index contributed by atoms with van der Waals surface area (Å²) in [5, 5.41) is 10.2. The number of methoxy groups -OCH3 is 3. The highest BCUT2D eigenvalue weighted by Crippen LogP contribution is 2.49.